The minimum atomic E-state index is 0.827. The van der Waals surface area contributed by atoms with Crippen LogP contribution in [-0.4, -0.2) is 5.80 Å². The molecule has 1 heterocycles. The molecule has 0 fully saturated rings. The van der Waals surface area contributed by atoms with Gasteiger partial charge in [-0.1, -0.05) is 4.88 Å². The zero-order valence-electron chi connectivity index (χ0n) is 3.48. The van der Waals surface area contributed by atoms with Gasteiger partial charge in [-0.3, -0.25) is 0 Å². The third kappa shape index (κ3) is 1.46. The third-order valence-corrected chi connectivity index (χ3v) is 0.909. The molecule has 36 valence electrons. The van der Waals surface area contributed by atoms with E-state index in [4.69, 9.17) is 0 Å². The fourth-order valence-corrected chi connectivity index (χ4v) is 0.499. The standard InChI is InChI=1S/C3H3N2OP/c1-2-6-4-5-7-3-1/h1-3H. The van der Waals surface area contributed by atoms with Crippen LogP contribution in [0, 0.1) is 0 Å². The molecule has 0 N–H and O–H groups in total. The summed E-state index contributed by atoms with van der Waals surface area (Å²) in [6, 6.07) is 0. The molecule has 0 atom stereocenters. The van der Waals surface area contributed by atoms with Gasteiger partial charge in [-0.05, 0) is 11.9 Å². The van der Waals surface area contributed by atoms with Crippen LogP contribution < -0.4 is 0 Å². The maximum absolute atomic E-state index is 4.43. The predicted octanol–water partition coefficient (Wildman–Crippen LogP) is 1.56. The van der Waals surface area contributed by atoms with Crippen molar-refractivity contribution in [1.29, 1.82) is 0 Å². The lowest BCUT2D eigenvalue weighted by molar-refractivity contribution is 0.247. The Kier molecular flexibility index (Phi) is 1.58. The largest absolute Gasteiger partial charge is 0.347 e. The first kappa shape index (κ1) is 4.47. The molecule has 0 saturated heterocycles. The van der Waals surface area contributed by atoms with Crippen LogP contribution >= 0.6 is 8.35 Å². The number of hydrogen-bond donors (Lipinski definition) is 0. The molecule has 0 radical (unpaired) electrons. The molecular weight excluding hydrogens is 111 g/mol. The molecule has 0 spiro atoms. The van der Waals surface area contributed by atoms with Gasteiger partial charge >= 0.3 is 0 Å². The zero-order chi connectivity index (χ0) is 4.95. The van der Waals surface area contributed by atoms with Crippen molar-refractivity contribution in [3.05, 3.63) is 12.3 Å². The molecule has 4 heteroatoms. The molecule has 1 aliphatic heterocycles. The van der Waals surface area contributed by atoms with Crippen LogP contribution in [0.1, 0.15) is 0 Å². The Morgan fingerprint density at radius 3 is 3.57 bits per heavy atom. The van der Waals surface area contributed by atoms with E-state index in [1.54, 1.807) is 6.08 Å². The normalized spacial score (nSPS) is 18.3. The number of rotatable bonds is 0. The van der Waals surface area contributed by atoms with E-state index in [1.165, 1.54) is 6.26 Å². The molecule has 1 aliphatic rings. The van der Waals surface area contributed by atoms with Gasteiger partial charge in [-0.15, -0.1) is 0 Å². The van der Waals surface area contributed by atoms with Crippen molar-refractivity contribution in [2.45, 2.75) is 0 Å². The van der Waals surface area contributed by atoms with Gasteiger partial charge in [-0.2, -0.15) is 0 Å². The van der Waals surface area contributed by atoms with Crippen LogP contribution in [0.2, 0.25) is 0 Å². The summed E-state index contributed by atoms with van der Waals surface area (Å²) >= 11 is 0. The Hall–Kier alpha value is -0.690. The lowest BCUT2D eigenvalue weighted by Gasteiger charge is -1.74. The van der Waals surface area contributed by atoms with Crippen LogP contribution in [0.15, 0.2) is 22.5 Å². The second-order valence-corrected chi connectivity index (χ2v) is 1.58. The van der Waals surface area contributed by atoms with E-state index >= 15 is 0 Å². The fraction of sp³-hybridized carbons (Fsp3) is 0. The van der Waals surface area contributed by atoms with E-state index < -0.39 is 0 Å². The number of hydrogen-bond acceptors (Lipinski definition) is 3. The van der Waals surface area contributed by atoms with E-state index in [-0.39, 0.29) is 0 Å². The second kappa shape index (κ2) is 2.48. The van der Waals surface area contributed by atoms with Gasteiger partial charge in [0.25, 0.3) is 0 Å². The van der Waals surface area contributed by atoms with Gasteiger partial charge < -0.3 is 4.84 Å². The van der Waals surface area contributed by atoms with Gasteiger partial charge in [0.2, 0.25) is 0 Å². The quantitative estimate of drug-likeness (QED) is 0.440. The van der Waals surface area contributed by atoms with E-state index in [0.29, 0.717) is 0 Å². The summed E-state index contributed by atoms with van der Waals surface area (Å²) in [6.07, 6.45) is 3.23. The van der Waals surface area contributed by atoms with Gasteiger partial charge in [0.05, 0.1) is 8.35 Å². The lowest BCUT2D eigenvalue weighted by Crippen LogP contribution is -1.58. The average Bonchev–Trinajstić information content (AvgIpc) is 1.90. The van der Waals surface area contributed by atoms with Crippen molar-refractivity contribution in [2.75, 3.05) is 0 Å². The van der Waals surface area contributed by atoms with E-state index in [2.05, 4.69) is 15.0 Å². The van der Waals surface area contributed by atoms with Crippen molar-refractivity contribution in [1.82, 2.24) is 0 Å². The zero-order valence-corrected chi connectivity index (χ0v) is 4.38. The molecule has 0 amide bonds. The first-order chi connectivity index (χ1) is 3.50. The topological polar surface area (TPSA) is 34.0 Å². The summed E-state index contributed by atoms with van der Waals surface area (Å²) in [5, 5.41) is 3.27. The SMILES string of the molecule is C1=CON=NP=C1. The van der Waals surface area contributed by atoms with Crippen LogP contribution in [0.3, 0.4) is 0 Å². The fourth-order valence-electron chi connectivity index (χ4n) is 0.208. The minimum Gasteiger partial charge on any atom is -0.347 e. The summed E-state index contributed by atoms with van der Waals surface area (Å²) < 4.78 is 0. The molecule has 0 aromatic carbocycles. The van der Waals surface area contributed by atoms with Crippen molar-refractivity contribution in [3.8, 4) is 0 Å². The summed E-state index contributed by atoms with van der Waals surface area (Å²) in [5.74, 6) is 1.83. The van der Waals surface area contributed by atoms with Crippen LogP contribution in [0.25, 0.3) is 0 Å². The maximum Gasteiger partial charge on any atom is 0.124 e. The highest BCUT2D eigenvalue weighted by atomic mass is 31.1. The molecule has 1 rings (SSSR count). The van der Waals surface area contributed by atoms with Gasteiger partial charge in [-0.25, -0.2) is 0 Å². The number of allylic oxidation sites excluding steroid dienone is 1. The summed E-state index contributed by atoms with van der Waals surface area (Å²) in [5.41, 5.74) is 0. The molecule has 7 heavy (non-hydrogen) atoms. The molecule has 0 aliphatic carbocycles. The molecule has 0 aromatic heterocycles. The maximum atomic E-state index is 4.43. The van der Waals surface area contributed by atoms with E-state index in [1.807, 2.05) is 5.80 Å². The van der Waals surface area contributed by atoms with Gasteiger partial charge in [0, 0.05) is 5.28 Å². The van der Waals surface area contributed by atoms with Gasteiger partial charge in [0.15, 0.2) is 0 Å². The Balaban J connectivity index is 2.60. The highest BCUT2D eigenvalue weighted by Gasteiger charge is 1.72. The first-order valence-electron chi connectivity index (χ1n) is 1.74. The molecule has 3 nitrogen and oxygen atoms in total. The highest BCUT2D eigenvalue weighted by Crippen LogP contribution is 2.00. The summed E-state index contributed by atoms with van der Waals surface area (Å²) in [7, 11) is 0.827. The second-order valence-electron chi connectivity index (χ2n) is 0.870. The molecule has 0 saturated carbocycles. The molecule has 0 unspecified atom stereocenters. The Morgan fingerprint density at radius 1 is 1.57 bits per heavy atom. The van der Waals surface area contributed by atoms with E-state index in [0.717, 1.165) is 8.35 Å². The number of nitrogens with zero attached hydrogens (tertiary/aromatic N) is 2. The Bertz CT molecular complexity index is 115. The molecule has 0 aromatic rings. The highest BCUT2D eigenvalue weighted by molar-refractivity contribution is 7.37. The third-order valence-electron chi connectivity index (χ3n) is 0.427. The Labute approximate surface area is 42.5 Å². The van der Waals surface area contributed by atoms with Crippen LogP contribution in [0.5, 0.6) is 0 Å². The lowest BCUT2D eigenvalue weighted by atomic mass is 10.7. The Morgan fingerprint density at radius 2 is 2.57 bits per heavy atom. The molecule has 0 bridgehead atoms. The average molecular weight is 114 g/mol. The molecular formula is C3H3N2OP. The van der Waals surface area contributed by atoms with Crippen molar-refractivity contribution >= 4 is 14.2 Å². The minimum absolute atomic E-state index is 0.827. The van der Waals surface area contributed by atoms with Crippen molar-refractivity contribution < 1.29 is 4.84 Å². The van der Waals surface area contributed by atoms with Crippen molar-refractivity contribution in [3.63, 3.8) is 0 Å². The monoisotopic (exact) mass is 114 g/mol. The van der Waals surface area contributed by atoms with Crippen LogP contribution in [-0.2, 0) is 4.84 Å². The van der Waals surface area contributed by atoms with Crippen molar-refractivity contribution in [2.24, 2.45) is 10.2 Å². The smallest absolute Gasteiger partial charge is 0.124 e. The van der Waals surface area contributed by atoms with Crippen LogP contribution in [0.4, 0.5) is 0 Å². The summed E-state index contributed by atoms with van der Waals surface area (Å²) in [4.78, 5) is 7.96. The first-order valence-corrected chi connectivity index (χ1v) is 2.66. The summed E-state index contributed by atoms with van der Waals surface area (Å²) in [6.45, 7) is 0. The predicted molar refractivity (Wildman–Crippen MR) is 28.1 cm³/mol. The van der Waals surface area contributed by atoms with Gasteiger partial charge in [0.1, 0.15) is 6.26 Å². The van der Waals surface area contributed by atoms with E-state index in [9.17, 15) is 0 Å².